The van der Waals surface area contributed by atoms with Gasteiger partial charge in [-0.05, 0) is 68.6 Å². The second kappa shape index (κ2) is 10.2. The molecule has 2 aromatic carbocycles. The van der Waals surface area contributed by atoms with Crippen molar-refractivity contribution in [2.24, 2.45) is 5.92 Å². The number of likely N-dealkylation sites (tertiary alicyclic amines) is 1. The molecule has 3 unspecified atom stereocenters. The number of hydrogen-bond acceptors (Lipinski definition) is 7. The Hall–Kier alpha value is -3.68. The zero-order chi connectivity index (χ0) is 26.2. The van der Waals surface area contributed by atoms with Gasteiger partial charge in [0, 0.05) is 36.4 Å². The number of amides is 3. The molecule has 4 heterocycles. The molecule has 4 aliphatic rings. The molecule has 38 heavy (non-hydrogen) atoms. The Balaban J connectivity index is 1.24. The quantitative estimate of drug-likeness (QED) is 0.507. The van der Waals surface area contributed by atoms with Crippen LogP contribution in [0.15, 0.2) is 59.1 Å². The third kappa shape index (κ3) is 4.57. The van der Waals surface area contributed by atoms with Crippen LogP contribution in [0.3, 0.4) is 0 Å². The molecule has 4 aliphatic heterocycles. The van der Waals surface area contributed by atoms with Crippen LogP contribution >= 0.6 is 11.8 Å². The molecule has 2 aromatic rings. The van der Waals surface area contributed by atoms with Crippen LogP contribution in [-0.2, 0) is 4.79 Å². The van der Waals surface area contributed by atoms with Gasteiger partial charge in [0.05, 0.1) is 16.3 Å². The van der Waals surface area contributed by atoms with Crippen LogP contribution in [0.2, 0.25) is 0 Å². The lowest BCUT2D eigenvalue weighted by Crippen LogP contribution is -2.62. The maximum Gasteiger partial charge on any atom is 0.326 e. The van der Waals surface area contributed by atoms with Gasteiger partial charge >= 0.3 is 6.03 Å². The van der Waals surface area contributed by atoms with Crippen molar-refractivity contribution in [3.05, 3.63) is 64.7 Å². The lowest BCUT2D eigenvalue weighted by molar-refractivity contribution is -0.117. The standard InChI is InChI=1S/C28H30N6O3S/c1-17-14-20(37-19-7-3-2-4-8-19)9-10-21(17)34-22-11-12-30-27-23(22)24(32-28(34)36)25(38-27)26(35)31-18-6-5-13-33(15-18)16-29/h2-4,7-10,14,18,22-23,27,30H,5-6,11-13,15H2,1H3,(H,31,35)(H,32,36)/t18-,22?,23?,27?/m1/s1. The maximum atomic E-state index is 13.6. The third-order valence-electron chi connectivity index (χ3n) is 7.65. The fraction of sp³-hybridized carbons (Fsp3) is 0.393. The summed E-state index contributed by atoms with van der Waals surface area (Å²) in [4.78, 5) is 31.0. The van der Waals surface area contributed by atoms with Crippen molar-refractivity contribution >= 4 is 29.4 Å². The van der Waals surface area contributed by atoms with Crippen molar-refractivity contribution in [3.8, 4) is 17.7 Å². The van der Waals surface area contributed by atoms with Crippen molar-refractivity contribution < 1.29 is 14.3 Å². The average molecular weight is 531 g/mol. The highest BCUT2D eigenvalue weighted by Gasteiger charge is 2.52. The Labute approximate surface area is 226 Å². The van der Waals surface area contributed by atoms with Gasteiger partial charge in [-0.15, -0.1) is 0 Å². The summed E-state index contributed by atoms with van der Waals surface area (Å²) >= 11 is 1.50. The van der Waals surface area contributed by atoms with Crippen LogP contribution in [0.5, 0.6) is 11.5 Å². The number of aryl methyl sites for hydroxylation is 1. The highest BCUT2D eigenvalue weighted by Crippen LogP contribution is 2.48. The van der Waals surface area contributed by atoms with Gasteiger partial charge in [0.2, 0.25) is 0 Å². The van der Waals surface area contributed by atoms with Gasteiger partial charge < -0.3 is 25.6 Å². The van der Waals surface area contributed by atoms with Crippen molar-refractivity contribution in [2.75, 3.05) is 24.5 Å². The zero-order valence-electron chi connectivity index (χ0n) is 21.1. The smallest absolute Gasteiger partial charge is 0.326 e. The first kappa shape index (κ1) is 24.6. The van der Waals surface area contributed by atoms with Gasteiger partial charge in [-0.2, -0.15) is 5.26 Å². The minimum absolute atomic E-state index is 0.00977. The number of piperidine rings is 2. The SMILES string of the molecule is Cc1cc(Oc2ccccc2)ccc1N1C(=O)NC2=C(C(=O)N[C@@H]3CCCN(C#N)C3)SC3NCCC1C23. The number of hydrogen-bond donors (Lipinski definition) is 3. The molecule has 0 spiro atoms. The van der Waals surface area contributed by atoms with Crippen molar-refractivity contribution in [3.63, 3.8) is 0 Å². The number of nitriles is 1. The second-order valence-electron chi connectivity index (χ2n) is 10.1. The first-order chi connectivity index (χ1) is 18.5. The number of urea groups is 1. The van der Waals surface area contributed by atoms with E-state index in [1.165, 1.54) is 11.8 Å². The Bertz CT molecular complexity index is 1330. The second-order valence-corrected chi connectivity index (χ2v) is 11.3. The number of carbonyl (C=O) groups excluding carboxylic acids is 2. The number of rotatable bonds is 5. The summed E-state index contributed by atoms with van der Waals surface area (Å²) in [5.41, 5.74) is 2.50. The number of carbonyl (C=O) groups is 2. The fourth-order valence-electron chi connectivity index (χ4n) is 5.93. The van der Waals surface area contributed by atoms with Crippen molar-refractivity contribution in [1.29, 1.82) is 5.26 Å². The molecular weight excluding hydrogens is 500 g/mol. The van der Waals surface area contributed by atoms with E-state index in [0.29, 0.717) is 22.9 Å². The molecule has 3 saturated heterocycles. The number of nitrogens with zero attached hydrogens (tertiary/aromatic N) is 3. The molecule has 0 aliphatic carbocycles. The first-order valence-electron chi connectivity index (χ1n) is 13.1. The summed E-state index contributed by atoms with van der Waals surface area (Å²) in [6, 6.07) is 15.0. The predicted octanol–water partition coefficient (Wildman–Crippen LogP) is 3.64. The third-order valence-corrected chi connectivity index (χ3v) is 9.01. The molecule has 0 bridgehead atoms. The lowest BCUT2D eigenvalue weighted by atomic mass is 9.86. The lowest BCUT2D eigenvalue weighted by Gasteiger charge is -2.46. The van der Waals surface area contributed by atoms with Crippen LogP contribution in [0.4, 0.5) is 10.5 Å². The van der Waals surface area contributed by atoms with Crippen molar-refractivity contribution in [2.45, 2.75) is 43.6 Å². The number of para-hydroxylation sites is 1. The highest BCUT2D eigenvalue weighted by atomic mass is 32.2. The number of anilines is 1. The summed E-state index contributed by atoms with van der Waals surface area (Å²) in [5.74, 6) is 1.28. The van der Waals surface area contributed by atoms with Gasteiger partial charge in [-0.3, -0.25) is 9.69 Å². The molecule has 4 atom stereocenters. The number of ether oxygens (including phenoxy) is 1. The van der Waals surface area contributed by atoms with Gasteiger partial charge in [-0.1, -0.05) is 30.0 Å². The Kier molecular flexibility index (Phi) is 6.64. The van der Waals surface area contributed by atoms with E-state index in [-0.39, 0.29) is 35.3 Å². The molecule has 0 aromatic heterocycles. The van der Waals surface area contributed by atoms with Crippen molar-refractivity contribution in [1.82, 2.24) is 20.9 Å². The summed E-state index contributed by atoms with van der Waals surface area (Å²) in [6.45, 7) is 4.00. The van der Waals surface area contributed by atoms with Crippen LogP contribution in [0.1, 0.15) is 24.8 Å². The van der Waals surface area contributed by atoms with Gasteiger partial charge in [-0.25, -0.2) is 4.79 Å². The Morgan fingerprint density at radius 3 is 2.82 bits per heavy atom. The van der Waals surface area contributed by atoms with Crippen LogP contribution in [0, 0.1) is 24.3 Å². The number of thioether (sulfide) groups is 1. The molecule has 3 fully saturated rings. The molecule has 0 saturated carbocycles. The molecule has 3 N–H and O–H groups in total. The Morgan fingerprint density at radius 2 is 2.03 bits per heavy atom. The molecule has 0 radical (unpaired) electrons. The predicted molar refractivity (Wildman–Crippen MR) is 145 cm³/mol. The fourth-order valence-corrected chi connectivity index (χ4v) is 7.32. The Morgan fingerprint density at radius 1 is 1.18 bits per heavy atom. The van der Waals surface area contributed by atoms with Crippen LogP contribution in [0.25, 0.3) is 0 Å². The van der Waals surface area contributed by atoms with E-state index in [2.05, 4.69) is 22.1 Å². The molecule has 9 nitrogen and oxygen atoms in total. The zero-order valence-corrected chi connectivity index (χ0v) is 22.0. The van der Waals surface area contributed by atoms with E-state index in [0.717, 1.165) is 49.4 Å². The van der Waals surface area contributed by atoms with E-state index in [4.69, 9.17) is 4.74 Å². The van der Waals surface area contributed by atoms with E-state index in [1.54, 1.807) is 4.90 Å². The van der Waals surface area contributed by atoms with Crippen LogP contribution < -0.4 is 25.6 Å². The molecule has 3 amide bonds. The summed E-state index contributed by atoms with van der Waals surface area (Å²) in [6.07, 6.45) is 4.68. The van der Waals surface area contributed by atoms with Gasteiger partial charge in [0.1, 0.15) is 11.5 Å². The topological polar surface area (TPSA) is 110 Å². The van der Waals surface area contributed by atoms with E-state index < -0.39 is 0 Å². The average Bonchev–Trinajstić information content (AvgIpc) is 3.30. The molecular formula is C28H30N6O3S. The monoisotopic (exact) mass is 530 g/mol. The van der Waals surface area contributed by atoms with Gasteiger partial charge in [0.25, 0.3) is 5.91 Å². The number of benzene rings is 2. The van der Waals surface area contributed by atoms with E-state index in [9.17, 15) is 14.9 Å². The van der Waals surface area contributed by atoms with Gasteiger partial charge in [0.15, 0.2) is 6.19 Å². The number of nitrogens with one attached hydrogen (secondary N) is 3. The first-order valence-corrected chi connectivity index (χ1v) is 13.9. The highest BCUT2D eigenvalue weighted by molar-refractivity contribution is 8.04. The minimum Gasteiger partial charge on any atom is -0.457 e. The maximum absolute atomic E-state index is 13.6. The molecule has 10 heteroatoms. The van der Waals surface area contributed by atoms with E-state index in [1.807, 2.05) is 60.4 Å². The summed E-state index contributed by atoms with van der Waals surface area (Å²) < 4.78 is 5.99. The largest absolute Gasteiger partial charge is 0.457 e. The van der Waals surface area contributed by atoms with E-state index >= 15 is 0 Å². The minimum atomic E-state index is -0.220. The summed E-state index contributed by atoms with van der Waals surface area (Å²) in [7, 11) is 0. The molecule has 6 rings (SSSR count). The summed E-state index contributed by atoms with van der Waals surface area (Å²) in [5, 5.41) is 19.0. The van der Waals surface area contributed by atoms with Crippen LogP contribution in [-0.4, -0.2) is 53.9 Å². The normalized spacial score (nSPS) is 26.4. The molecule has 196 valence electrons.